The lowest BCUT2D eigenvalue weighted by atomic mass is 9.98. The van der Waals surface area contributed by atoms with Crippen molar-refractivity contribution in [3.8, 4) is 22.6 Å². The summed E-state index contributed by atoms with van der Waals surface area (Å²) >= 11 is 0. The summed E-state index contributed by atoms with van der Waals surface area (Å²) < 4.78 is 37.6. The van der Waals surface area contributed by atoms with Crippen LogP contribution < -0.4 is 14.8 Å². The summed E-state index contributed by atoms with van der Waals surface area (Å²) in [5, 5.41) is 3.02. The summed E-state index contributed by atoms with van der Waals surface area (Å²) in [6, 6.07) is 7.01. The average molecular weight is 293 g/mol. The van der Waals surface area contributed by atoms with Gasteiger partial charge in [-0.05, 0) is 42.4 Å². The Morgan fingerprint density at radius 3 is 2.19 bits per heavy atom. The van der Waals surface area contributed by atoms with Gasteiger partial charge in [0.25, 0.3) is 0 Å². The van der Waals surface area contributed by atoms with E-state index in [1.165, 1.54) is 19.2 Å². The van der Waals surface area contributed by atoms with Gasteiger partial charge in [-0.2, -0.15) is 0 Å². The fourth-order valence-electron chi connectivity index (χ4n) is 2.22. The minimum absolute atomic E-state index is 0.322. The van der Waals surface area contributed by atoms with Gasteiger partial charge in [0.2, 0.25) is 0 Å². The molecule has 0 aliphatic rings. The van der Waals surface area contributed by atoms with E-state index in [0.29, 0.717) is 29.2 Å². The van der Waals surface area contributed by atoms with Crippen molar-refractivity contribution in [3.63, 3.8) is 0 Å². The number of benzene rings is 2. The molecule has 0 spiro atoms. The molecule has 21 heavy (non-hydrogen) atoms. The molecular weight excluding hydrogens is 276 g/mol. The molecule has 0 aliphatic heterocycles. The Hall–Kier alpha value is -2.14. The Bertz CT molecular complexity index is 644. The van der Waals surface area contributed by atoms with Crippen LogP contribution >= 0.6 is 0 Å². The summed E-state index contributed by atoms with van der Waals surface area (Å²) in [7, 11) is 4.85. The number of hydrogen-bond donors (Lipinski definition) is 1. The normalized spacial score (nSPS) is 10.5. The molecule has 0 fully saturated rings. The van der Waals surface area contributed by atoms with Crippen molar-refractivity contribution < 1.29 is 18.3 Å². The molecule has 5 heteroatoms. The molecule has 2 aromatic rings. The first-order valence-corrected chi connectivity index (χ1v) is 6.45. The third-order valence-corrected chi connectivity index (χ3v) is 3.20. The Morgan fingerprint density at radius 1 is 0.952 bits per heavy atom. The van der Waals surface area contributed by atoms with E-state index in [0.717, 1.165) is 11.6 Å². The van der Waals surface area contributed by atoms with Gasteiger partial charge < -0.3 is 14.8 Å². The van der Waals surface area contributed by atoms with Gasteiger partial charge in [-0.3, -0.25) is 0 Å². The summed E-state index contributed by atoms with van der Waals surface area (Å²) in [5.41, 5.74) is 1.79. The Balaban J connectivity index is 2.64. The van der Waals surface area contributed by atoms with E-state index in [9.17, 15) is 8.78 Å². The van der Waals surface area contributed by atoms with Crippen molar-refractivity contribution in [3.05, 3.63) is 47.5 Å². The van der Waals surface area contributed by atoms with Crippen LogP contribution in [0.25, 0.3) is 11.1 Å². The quantitative estimate of drug-likeness (QED) is 0.917. The molecule has 0 saturated heterocycles. The predicted molar refractivity (Wildman–Crippen MR) is 77.7 cm³/mol. The van der Waals surface area contributed by atoms with Crippen LogP contribution in [-0.4, -0.2) is 21.3 Å². The molecule has 0 saturated carbocycles. The second-order valence-electron chi connectivity index (χ2n) is 4.52. The highest BCUT2D eigenvalue weighted by molar-refractivity contribution is 5.71. The molecule has 0 unspecified atom stereocenters. The third-order valence-electron chi connectivity index (χ3n) is 3.20. The average Bonchev–Trinajstić information content (AvgIpc) is 2.47. The first-order chi connectivity index (χ1) is 10.1. The van der Waals surface area contributed by atoms with Gasteiger partial charge in [-0.15, -0.1) is 0 Å². The monoisotopic (exact) mass is 293 g/mol. The van der Waals surface area contributed by atoms with E-state index >= 15 is 0 Å². The largest absolute Gasteiger partial charge is 0.493 e. The molecule has 0 amide bonds. The number of hydrogen-bond acceptors (Lipinski definition) is 3. The molecule has 0 bridgehead atoms. The van der Waals surface area contributed by atoms with E-state index in [1.54, 1.807) is 26.3 Å². The summed E-state index contributed by atoms with van der Waals surface area (Å²) in [6.07, 6.45) is 0. The van der Waals surface area contributed by atoms with Gasteiger partial charge in [0.1, 0.15) is 11.6 Å². The minimum Gasteiger partial charge on any atom is -0.493 e. The molecule has 112 valence electrons. The van der Waals surface area contributed by atoms with Crippen molar-refractivity contribution in [2.45, 2.75) is 6.54 Å². The minimum atomic E-state index is -0.612. The van der Waals surface area contributed by atoms with Crippen LogP contribution in [0.2, 0.25) is 0 Å². The van der Waals surface area contributed by atoms with Crippen LogP contribution in [-0.2, 0) is 6.54 Å². The lowest BCUT2D eigenvalue weighted by molar-refractivity contribution is 0.354. The molecule has 2 aromatic carbocycles. The second-order valence-corrected chi connectivity index (χ2v) is 4.52. The Morgan fingerprint density at radius 2 is 1.62 bits per heavy atom. The third kappa shape index (κ3) is 3.13. The molecule has 0 radical (unpaired) electrons. The maximum Gasteiger partial charge on any atom is 0.161 e. The zero-order chi connectivity index (χ0) is 15.4. The number of rotatable bonds is 5. The first kappa shape index (κ1) is 15.3. The second kappa shape index (κ2) is 6.54. The number of halogens is 2. The molecular formula is C16H17F2NO2. The van der Waals surface area contributed by atoms with Crippen molar-refractivity contribution in [1.29, 1.82) is 0 Å². The lowest BCUT2D eigenvalue weighted by Gasteiger charge is -2.15. The van der Waals surface area contributed by atoms with Gasteiger partial charge in [-0.25, -0.2) is 8.78 Å². The Labute approximate surface area is 122 Å². The maximum absolute atomic E-state index is 14.0. The smallest absolute Gasteiger partial charge is 0.161 e. The topological polar surface area (TPSA) is 30.5 Å². The van der Waals surface area contributed by atoms with E-state index in [-0.39, 0.29) is 0 Å². The standard InChI is InChI=1S/C16H17F2NO2/c1-19-9-10-6-15(20-2)16(21-3)8-13(10)12-5-4-11(17)7-14(12)18/h4-8,19H,9H2,1-3H3. The predicted octanol–water partition coefficient (Wildman–Crippen LogP) is 3.37. The number of nitrogens with one attached hydrogen (secondary N) is 1. The highest BCUT2D eigenvalue weighted by Crippen LogP contribution is 2.36. The van der Waals surface area contributed by atoms with Crippen LogP contribution in [0.15, 0.2) is 30.3 Å². The summed E-state index contributed by atoms with van der Waals surface area (Å²) in [4.78, 5) is 0. The van der Waals surface area contributed by atoms with Crippen molar-refractivity contribution in [2.75, 3.05) is 21.3 Å². The van der Waals surface area contributed by atoms with E-state index < -0.39 is 11.6 Å². The highest BCUT2D eigenvalue weighted by Gasteiger charge is 2.15. The van der Waals surface area contributed by atoms with E-state index in [2.05, 4.69) is 5.32 Å². The molecule has 1 N–H and O–H groups in total. The zero-order valence-electron chi connectivity index (χ0n) is 12.2. The van der Waals surface area contributed by atoms with Crippen LogP contribution in [0.3, 0.4) is 0 Å². The molecule has 0 aromatic heterocycles. The van der Waals surface area contributed by atoms with Gasteiger partial charge >= 0.3 is 0 Å². The van der Waals surface area contributed by atoms with Gasteiger partial charge in [0.15, 0.2) is 11.5 Å². The van der Waals surface area contributed by atoms with Gasteiger partial charge in [-0.1, -0.05) is 0 Å². The molecule has 0 heterocycles. The first-order valence-electron chi connectivity index (χ1n) is 6.45. The van der Waals surface area contributed by atoms with E-state index in [1.807, 2.05) is 0 Å². The fraction of sp³-hybridized carbons (Fsp3) is 0.250. The van der Waals surface area contributed by atoms with Crippen LogP contribution in [0.1, 0.15) is 5.56 Å². The van der Waals surface area contributed by atoms with Crippen LogP contribution in [0, 0.1) is 11.6 Å². The lowest BCUT2D eigenvalue weighted by Crippen LogP contribution is -2.07. The fourth-order valence-corrected chi connectivity index (χ4v) is 2.22. The van der Waals surface area contributed by atoms with Crippen LogP contribution in [0.5, 0.6) is 11.5 Å². The van der Waals surface area contributed by atoms with Crippen molar-refractivity contribution in [2.24, 2.45) is 0 Å². The SMILES string of the molecule is CNCc1cc(OC)c(OC)cc1-c1ccc(F)cc1F. The van der Waals surface area contributed by atoms with Crippen molar-refractivity contribution in [1.82, 2.24) is 5.32 Å². The molecule has 2 rings (SSSR count). The summed E-state index contributed by atoms with van der Waals surface area (Å²) in [5.74, 6) is -0.156. The van der Waals surface area contributed by atoms with E-state index in [4.69, 9.17) is 9.47 Å². The molecule has 3 nitrogen and oxygen atoms in total. The molecule has 0 aliphatic carbocycles. The highest BCUT2D eigenvalue weighted by atomic mass is 19.1. The van der Waals surface area contributed by atoms with Gasteiger partial charge in [0, 0.05) is 18.2 Å². The zero-order valence-corrected chi connectivity index (χ0v) is 12.2. The Kier molecular flexibility index (Phi) is 4.75. The van der Waals surface area contributed by atoms with Crippen LogP contribution in [0.4, 0.5) is 8.78 Å². The van der Waals surface area contributed by atoms with Crippen molar-refractivity contribution >= 4 is 0 Å². The van der Waals surface area contributed by atoms with Gasteiger partial charge in [0.05, 0.1) is 14.2 Å². The molecule has 0 atom stereocenters. The number of methoxy groups -OCH3 is 2. The maximum atomic E-state index is 14.0. The summed E-state index contributed by atoms with van der Waals surface area (Å²) in [6.45, 7) is 0.520. The number of ether oxygens (including phenoxy) is 2.